The fourth-order valence-electron chi connectivity index (χ4n) is 2.94. The third-order valence-electron chi connectivity index (χ3n) is 4.20. The van der Waals surface area contributed by atoms with E-state index >= 15 is 0 Å². The fourth-order valence-corrected chi connectivity index (χ4v) is 3.06. The highest BCUT2D eigenvalue weighted by molar-refractivity contribution is 6.30. The molecule has 1 aromatic carbocycles. The molecule has 0 saturated carbocycles. The average molecular weight is 306 g/mol. The van der Waals surface area contributed by atoms with E-state index in [0.29, 0.717) is 5.82 Å². The highest BCUT2D eigenvalue weighted by atomic mass is 35.5. The molecule has 112 valence electrons. The van der Waals surface area contributed by atoms with Crippen LogP contribution in [0, 0.1) is 5.92 Å². The van der Waals surface area contributed by atoms with Crippen LogP contribution < -0.4 is 0 Å². The van der Waals surface area contributed by atoms with E-state index in [0.717, 1.165) is 37.5 Å². The van der Waals surface area contributed by atoms with Gasteiger partial charge in [0.15, 0.2) is 0 Å². The first-order valence-corrected chi connectivity index (χ1v) is 7.74. The largest absolute Gasteiger partial charge is 0.385 e. The molecule has 5 heteroatoms. The lowest BCUT2D eigenvalue weighted by Crippen LogP contribution is -2.35. The van der Waals surface area contributed by atoms with Crippen molar-refractivity contribution in [1.29, 1.82) is 0 Å². The van der Waals surface area contributed by atoms with Crippen molar-refractivity contribution in [3.63, 3.8) is 0 Å². The van der Waals surface area contributed by atoms with E-state index in [-0.39, 0.29) is 5.92 Å². The van der Waals surface area contributed by atoms with Crippen molar-refractivity contribution >= 4 is 11.6 Å². The van der Waals surface area contributed by atoms with Gasteiger partial charge in [0.2, 0.25) is 0 Å². The lowest BCUT2D eigenvalue weighted by molar-refractivity contribution is 0.0515. The number of likely N-dealkylation sites (tertiary alicyclic amines) is 1. The van der Waals surface area contributed by atoms with Crippen LogP contribution in [-0.4, -0.2) is 33.1 Å². The summed E-state index contributed by atoms with van der Waals surface area (Å²) in [6.07, 6.45) is 4.96. The van der Waals surface area contributed by atoms with Gasteiger partial charge in [-0.1, -0.05) is 23.7 Å². The molecule has 0 amide bonds. The molecule has 0 radical (unpaired) electrons. The Kier molecular flexibility index (Phi) is 4.58. The molecule has 1 aliphatic rings. The van der Waals surface area contributed by atoms with Crippen molar-refractivity contribution in [3.8, 4) is 0 Å². The highest BCUT2D eigenvalue weighted by Gasteiger charge is 2.27. The van der Waals surface area contributed by atoms with Gasteiger partial charge in [-0.2, -0.15) is 0 Å². The van der Waals surface area contributed by atoms with Crippen molar-refractivity contribution in [2.45, 2.75) is 25.5 Å². The zero-order valence-electron chi connectivity index (χ0n) is 11.9. The number of rotatable bonds is 4. The first kappa shape index (κ1) is 14.6. The lowest BCUT2D eigenvalue weighted by atomic mass is 9.90. The minimum atomic E-state index is -0.474. The van der Waals surface area contributed by atoms with Crippen LogP contribution in [0.3, 0.4) is 0 Å². The van der Waals surface area contributed by atoms with Crippen LogP contribution in [0.1, 0.15) is 30.3 Å². The van der Waals surface area contributed by atoms with E-state index in [1.807, 2.05) is 12.1 Å². The Morgan fingerprint density at radius 2 is 2.00 bits per heavy atom. The van der Waals surface area contributed by atoms with Crippen LogP contribution in [-0.2, 0) is 6.54 Å². The second-order valence-electron chi connectivity index (χ2n) is 5.66. The number of nitrogens with one attached hydrogen (secondary N) is 1. The number of hydrogen-bond donors (Lipinski definition) is 2. The minimum absolute atomic E-state index is 0.289. The first-order valence-electron chi connectivity index (χ1n) is 7.36. The normalized spacial score (nSPS) is 18.8. The lowest BCUT2D eigenvalue weighted by Gasteiger charge is -2.33. The Hall–Kier alpha value is -1.36. The average Bonchev–Trinajstić information content (AvgIpc) is 3.04. The van der Waals surface area contributed by atoms with Gasteiger partial charge < -0.3 is 10.1 Å². The summed E-state index contributed by atoms with van der Waals surface area (Å²) in [7, 11) is 0. The van der Waals surface area contributed by atoms with Crippen molar-refractivity contribution in [1.82, 2.24) is 14.9 Å². The van der Waals surface area contributed by atoms with Crippen molar-refractivity contribution in [3.05, 3.63) is 53.1 Å². The topological polar surface area (TPSA) is 52.2 Å². The predicted molar refractivity (Wildman–Crippen MR) is 83.0 cm³/mol. The van der Waals surface area contributed by atoms with E-state index in [1.54, 1.807) is 12.4 Å². The number of piperidine rings is 1. The zero-order valence-corrected chi connectivity index (χ0v) is 12.6. The summed E-state index contributed by atoms with van der Waals surface area (Å²) in [6.45, 7) is 2.96. The van der Waals surface area contributed by atoms with Gasteiger partial charge in [0.05, 0.1) is 0 Å². The first-order chi connectivity index (χ1) is 10.2. The molecule has 1 atom stereocenters. The molecule has 1 aliphatic heterocycles. The minimum Gasteiger partial charge on any atom is -0.385 e. The number of aromatic nitrogens is 2. The van der Waals surface area contributed by atoms with Crippen LogP contribution in [0.2, 0.25) is 5.02 Å². The molecule has 1 fully saturated rings. The van der Waals surface area contributed by atoms with Crippen LogP contribution in [0.25, 0.3) is 0 Å². The maximum Gasteiger partial charge on any atom is 0.135 e. The monoisotopic (exact) mass is 305 g/mol. The molecule has 4 nitrogen and oxygen atoms in total. The molecular formula is C16H20ClN3O. The van der Waals surface area contributed by atoms with Gasteiger partial charge in [0.25, 0.3) is 0 Å². The number of aromatic amines is 1. The third kappa shape index (κ3) is 3.64. The summed E-state index contributed by atoms with van der Waals surface area (Å²) in [5.74, 6) is 0.976. The Morgan fingerprint density at radius 1 is 1.29 bits per heavy atom. The second kappa shape index (κ2) is 6.60. The van der Waals surface area contributed by atoms with Crippen LogP contribution in [0.15, 0.2) is 36.7 Å². The number of imidazole rings is 1. The molecule has 3 rings (SSSR count). The number of H-pyrrole nitrogens is 1. The van der Waals surface area contributed by atoms with Gasteiger partial charge in [-0.15, -0.1) is 0 Å². The van der Waals surface area contributed by atoms with Crippen LogP contribution in [0.5, 0.6) is 0 Å². The molecule has 2 N–H and O–H groups in total. The smallest absolute Gasteiger partial charge is 0.135 e. The maximum atomic E-state index is 10.3. The zero-order chi connectivity index (χ0) is 14.7. The summed E-state index contributed by atoms with van der Waals surface area (Å²) >= 11 is 5.91. The van der Waals surface area contributed by atoms with Gasteiger partial charge in [-0.25, -0.2) is 4.98 Å². The van der Waals surface area contributed by atoms with Crippen molar-refractivity contribution in [2.75, 3.05) is 13.1 Å². The number of hydrogen-bond acceptors (Lipinski definition) is 3. The molecular weight excluding hydrogens is 286 g/mol. The predicted octanol–water partition coefficient (Wildman–Crippen LogP) is 3.01. The van der Waals surface area contributed by atoms with Gasteiger partial charge in [0, 0.05) is 24.0 Å². The third-order valence-corrected chi connectivity index (χ3v) is 4.45. The van der Waals surface area contributed by atoms with Gasteiger partial charge >= 0.3 is 0 Å². The summed E-state index contributed by atoms with van der Waals surface area (Å²) in [5.41, 5.74) is 1.28. The molecule has 2 aromatic rings. The quantitative estimate of drug-likeness (QED) is 0.913. The molecule has 0 bridgehead atoms. The van der Waals surface area contributed by atoms with Crippen LogP contribution >= 0.6 is 11.6 Å². The number of nitrogens with zero attached hydrogens (tertiary/aromatic N) is 2. The van der Waals surface area contributed by atoms with Crippen molar-refractivity contribution < 1.29 is 5.11 Å². The number of halogens is 1. The van der Waals surface area contributed by atoms with Gasteiger partial charge in [-0.05, 0) is 49.5 Å². The molecule has 1 unspecified atom stereocenters. The molecule has 0 aliphatic carbocycles. The SMILES string of the molecule is OC(c1ncc[nH]1)C1CCN(Cc2ccc(Cl)cc2)CC1. The Labute approximate surface area is 129 Å². The molecule has 1 saturated heterocycles. The molecule has 1 aromatic heterocycles. The fraction of sp³-hybridized carbons (Fsp3) is 0.438. The van der Waals surface area contributed by atoms with Crippen LogP contribution in [0.4, 0.5) is 0 Å². The summed E-state index contributed by atoms with van der Waals surface area (Å²) in [5, 5.41) is 11.1. The molecule has 0 spiro atoms. The maximum absolute atomic E-state index is 10.3. The second-order valence-corrected chi connectivity index (χ2v) is 6.10. The van der Waals surface area contributed by atoms with Gasteiger partial charge in [0.1, 0.15) is 11.9 Å². The number of aliphatic hydroxyl groups excluding tert-OH is 1. The summed E-state index contributed by atoms with van der Waals surface area (Å²) < 4.78 is 0. The molecule has 21 heavy (non-hydrogen) atoms. The van der Waals surface area contributed by atoms with E-state index in [2.05, 4.69) is 27.0 Å². The number of benzene rings is 1. The highest BCUT2D eigenvalue weighted by Crippen LogP contribution is 2.29. The van der Waals surface area contributed by atoms with E-state index in [1.165, 1.54) is 5.56 Å². The molecule has 2 heterocycles. The Bertz CT molecular complexity index is 547. The Morgan fingerprint density at radius 3 is 2.62 bits per heavy atom. The summed E-state index contributed by atoms with van der Waals surface area (Å²) in [4.78, 5) is 9.58. The number of aliphatic hydroxyl groups is 1. The Balaban J connectivity index is 1.52. The summed E-state index contributed by atoms with van der Waals surface area (Å²) in [6, 6.07) is 8.02. The van der Waals surface area contributed by atoms with E-state index < -0.39 is 6.10 Å². The van der Waals surface area contributed by atoms with Crippen molar-refractivity contribution in [2.24, 2.45) is 5.92 Å². The van der Waals surface area contributed by atoms with Gasteiger partial charge in [-0.3, -0.25) is 4.90 Å². The van der Waals surface area contributed by atoms with E-state index in [9.17, 15) is 5.11 Å². The standard InChI is InChI=1S/C16H20ClN3O/c17-14-3-1-12(2-4-14)11-20-9-5-13(6-10-20)15(21)16-18-7-8-19-16/h1-4,7-8,13,15,21H,5-6,9-11H2,(H,18,19). The van der Waals surface area contributed by atoms with E-state index in [4.69, 9.17) is 11.6 Å².